The number of hydrogen-bond donors (Lipinski definition) is 2. The molecule has 0 saturated heterocycles. The first-order chi connectivity index (χ1) is 9.06. The van der Waals surface area contributed by atoms with Crippen LogP contribution < -0.4 is 10.1 Å². The summed E-state index contributed by atoms with van der Waals surface area (Å²) < 4.78 is 5.46. The summed E-state index contributed by atoms with van der Waals surface area (Å²) in [4.78, 5) is 0. The molecule has 1 fully saturated rings. The van der Waals surface area contributed by atoms with Crippen LogP contribution >= 0.6 is 23.2 Å². The van der Waals surface area contributed by atoms with E-state index < -0.39 is 6.10 Å². The maximum atomic E-state index is 9.79. The summed E-state index contributed by atoms with van der Waals surface area (Å²) in [6, 6.07) is 5.06. The highest BCUT2D eigenvalue weighted by atomic mass is 35.5. The molecule has 0 spiro atoms. The van der Waals surface area contributed by atoms with E-state index >= 15 is 0 Å². The van der Waals surface area contributed by atoms with Gasteiger partial charge in [-0.15, -0.1) is 0 Å². The monoisotopic (exact) mass is 303 g/mol. The lowest BCUT2D eigenvalue weighted by atomic mass is 10.3. The van der Waals surface area contributed by atoms with Crippen molar-refractivity contribution in [2.45, 2.75) is 19.4 Å². The number of nitrogens with one attached hydrogen (secondary N) is 1. The van der Waals surface area contributed by atoms with Crippen LogP contribution in [-0.4, -0.2) is 30.9 Å². The van der Waals surface area contributed by atoms with E-state index in [0.29, 0.717) is 22.3 Å². The molecular formula is C14H19Cl2NO2. The normalized spacial score (nSPS) is 23.2. The lowest BCUT2D eigenvalue weighted by Crippen LogP contribution is -2.32. The van der Waals surface area contributed by atoms with Crippen molar-refractivity contribution in [3.05, 3.63) is 28.2 Å². The van der Waals surface area contributed by atoms with Crippen molar-refractivity contribution in [2.24, 2.45) is 11.8 Å². The van der Waals surface area contributed by atoms with Gasteiger partial charge in [0.05, 0.1) is 10.0 Å². The predicted molar refractivity (Wildman–Crippen MR) is 78.1 cm³/mol. The van der Waals surface area contributed by atoms with Crippen molar-refractivity contribution >= 4 is 23.2 Å². The van der Waals surface area contributed by atoms with Gasteiger partial charge in [0.25, 0.3) is 0 Å². The third-order valence-electron chi connectivity index (χ3n) is 3.40. The molecule has 1 aromatic carbocycles. The van der Waals surface area contributed by atoms with Crippen molar-refractivity contribution in [1.29, 1.82) is 0 Å². The molecule has 3 atom stereocenters. The largest absolute Gasteiger partial charge is 0.491 e. The standard InChI is InChI=1S/C14H19Cl2NO2/c1-9-4-10(9)6-17-7-11(18)8-19-12-2-3-13(15)14(16)5-12/h2-3,5,9-11,17-18H,4,6-8H2,1H3. The zero-order chi connectivity index (χ0) is 13.8. The fourth-order valence-electron chi connectivity index (χ4n) is 1.94. The minimum Gasteiger partial charge on any atom is -0.491 e. The Morgan fingerprint density at radius 2 is 2.16 bits per heavy atom. The van der Waals surface area contributed by atoms with Gasteiger partial charge in [-0.3, -0.25) is 0 Å². The molecular weight excluding hydrogens is 285 g/mol. The van der Waals surface area contributed by atoms with Gasteiger partial charge in [0.2, 0.25) is 0 Å². The third-order valence-corrected chi connectivity index (χ3v) is 4.14. The molecule has 0 amide bonds. The summed E-state index contributed by atoms with van der Waals surface area (Å²) in [6.45, 7) is 4.01. The Bertz CT molecular complexity index is 428. The van der Waals surface area contributed by atoms with Crippen LogP contribution in [0.1, 0.15) is 13.3 Å². The van der Waals surface area contributed by atoms with Crippen LogP contribution in [0.5, 0.6) is 5.75 Å². The highest BCUT2D eigenvalue weighted by Gasteiger charge is 2.31. The Kier molecular flexibility index (Phi) is 5.34. The summed E-state index contributed by atoms with van der Waals surface area (Å²) in [7, 11) is 0. The molecule has 2 rings (SSSR count). The number of hydrogen-bond acceptors (Lipinski definition) is 3. The molecule has 5 heteroatoms. The summed E-state index contributed by atoms with van der Waals surface area (Å²) in [5, 5.41) is 14.0. The molecule has 0 aromatic heterocycles. The zero-order valence-corrected chi connectivity index (χ0v) is 12.4. The minimum absolute atomic E-state index is 0.241. The molecule has 0 radical (unpaired) electrons. The first-order valence-corrected chi connectivity index (χ1v) is 7.28. The van der Waals surface area contributed by atoms with E-state index in [0.717, 1.165) is 18.4 Å². The first-order valence-electron chi connectivity index (χ1n) is 6.53. The Morgan fingerprint density at radius 1 is 1.42 bits per heavy atom. The van der Waals surface area contributed by atoms with E-state index in [1.54, 1.807) is 18.2 Å². The third kappa shape index (κ3) is 4.84. The second-order valence-electron chi connectivity index (χ2n) is 5.17. The number of ether oxygens (including phenoxy) is 1. The Balaban J connectivity index is 1.64. The van der Waals surface area contributed by atoms with Gasteiger partial charge >= 0.3 is 0 Å². The lowest BCUT2D eigenvalue weighted by Gasteiger charge is -2.13. The Labute approximate surface area is 123 Å². The van der Waals surface area contributed by atoms with Crippen molar-refractivity contribution < 1.29 is 9.84 Å². The molecule has 0 bridgehead atoms. The first kappa shape index (κ1) is 14.9. The second kappa shape index (κ2) is 6.80. The maximum Gasteiger partial charge on any atom is 0.121 e. The molecule has 3 nitrogen and oxygen atoms in total. The summed E-state index contributed by atoms with van der Waals surface area (Å²) in [5.41, 5.74) is 0. The molecule has 2 N–H and O–H groups in total. The van der Waals surface area contributed by atoms with Crippen LogP contribution in [0, 0.1) is 11.8 Å². The molecule has 1 aromatic rings. The molecule has 19 heavy (non-hydrogen) atoms. The van der Waals surface area contributed by atoms with Crippen LogP contribution in [0.25, 0.3) is 0 Å². The quantitative estimate of drug-likeness (QED) is 0.814. The average Bonchev–Trinajstić information content (AvgIpc) is 3.07. The molecule has 1 saturated carbocycles. The fraction of sp³-hybridized carbons (Fsp3) is 0.571. The van der Waals surface area contributed by atoms with Gasteiger partial charge in [0, 0.05) is 12.6 Å². The van der Waals surface area contributed by atoms with Crippen molar-refractivity contribution in [3.8, 4) is 5.75 Å². The number of benzene rings is 1. The van der Waals surface area contributed by atoms with Crippen molar-refractivity contribution in [3.63, 3.8) is 0 Å². The van der Waals surface area contributed by atoms with Crippen LogP contribution in [-0.2, 0) is 0 Å². The fourth-order valence-corrected chi connectivity index (χ4v) is 2.22. The molecule has 0 aliphatic heterocycles. The predicted octanol–water partition coefficient (Wildman–Crippen LogP) is 2.98. The van der Waals surface area contributed by atoms with Gasteiger partial charge in [-0.2, -0.15) is 0 Å². The summed E-state index contributed by atoms with van der Waals surface area (Å²) in [5.74, 6) is 2.23. The summed E-state index contributed by atoms with van der Waals surface area (Å²) >= 11 is 11.7. The molecule has 1 aliphatic rings. The molecule has 1 aliphatic carbocycles. The number of aliphatic hydroxyl groups is 1. The molecule has 0 heterocycles. The van der Waals surface area contributed by atoms with Crippen molar-refractivity contribution in [1.82, 2.24) is 5.32 Å². The van der Waals surface area contributed by atoms with Gasteiger partial charge in [-0.05, 0) is 36.9 Å². The van der Waals surface area contributed by atoms with Crippen LogP contribution in [0.2, 0.25) is 10.0 Å². The van der Waals surface area contributed by atoms with E-state index in [-0.39, 0.29) is 6.61 Å². The lowest BCUT2D eigenvalue weighted by molar-refractivity contribution is 0.106. The Morgan fingerprint density at radius 3 is 2.79 bits per heavy atom. The number of aliphatic hydroxyl groups excluding tert-OH is 1. The number of rotatable bonds is 7. The van der Waals surface area contributed by atoms with Gasteiger partial charge in [0.1, 0.15) is 18.5 Å². The van der Waals surface area contributed by atoms with Gasteiger partial charge in [-0.1, -0.05) is 30.1 Å². The molecule has 3 unspecified atom stereocenters. The minimum atomic E-state index is -0.525. The zero-order valence-electron chi connectivity index (χ0n) is 10.9. The topological polar surface area (TPSA) is 41.5 Å². The summed E-state index contributed by atoms with van der Waals surface area (Å²) in [6.07, 6.45) is 0.770. The molecule has 106 valence electrons. The van der Waals surface area contributed by atoms with E-state index in [2.05, 4.69) is 12.2 Å². The van der Waals surface area contributed by atoms with E-state index in [4.69, 9.17) is 27.9 Å². The van der Waals surface area contributed by atoms with E-state index in [1.165, 1.54) is 6.42 Å². The maximum absolute atomic E-state index is 9.79. The van der Waals surface area contributed by atoms with E-state index in [1.807, 2.05) is 0 Å². The SMILES string of the molecule is CC1CC1CNCC(O)COc1ccc(Cl)c(Cl)c1. The van der Waals surface area contributed by atoms with Crippen molar-refractivity contribution in [2.75, 3.05) is 19.7 Å². The van der Waals surface area contributed by atoms with Crippen LogP contribution in [0.15, 0.2) is 18.2 Å². The van der Waals surface area contributed by atoms with Gasteiger partial charge in [0.15, 0.2) is 0 Å². The van der Waals surface area contributed by atoms with Gasteiger partial charge in [-0.25, -0.2) is 0 Å². The smallest absolute Gasteiger partial charge is 0.121 e. The highest BCUT2D eigenvalue weighted by molar-refractivity contribution is 6.42. The Hall–Kier alpha value is -0.480. The average molecular weight is 304 g/mol. The number of halogens is 2. The van der Waals surface area contributed by atoms with Gasteiger partial charge < -0.3 is 15.2 Å². The van der Waals surface area contributed by atoms with Crippen LogP contribution in [0.4, 0.5) is 0 Å². The van der Waals surface area contributed by atoms with E-state index in [9.17, 15) is 5.11 Å². The second-order valence-corrected chi connectivity index (χ2v) is 5.99. The van der Waals surface area contributed by atoms with Crippen LogP contribution in [0.3, 0.4) is 0 Å². The highest BCUT2D eigenvalue weighted by Crippen LogP contribution is 2.36.